The fourth-order valence-electron chi connectivity index (χ4n) is 2.99. The Morgan fingerprint density at radius 3 is 2.52 bits per heavy atom. The second-order valence-corrected chi connectivity index (χ2v) is 8.46. The highest BCUT2D eigenvalue weighted by Gasteiger charge is 2.18. The van der Waals surface area contributed by atoms with Gasteiger partial charge in [-0.3, -0.25) is 14.7 Å². The van der Waals surface area contributed by atoms with Gasteiger partial charge in [0.15, 0.2) is 11.0 Å². The van der Waals surface area contributed by atoms with Gasteiger partial charge in [-0.15, -0.1) is 10.2 Å². The summed E-state index contributed by atoms with van der Waals surface area (Å²) in [6.45, 7) is 2.20. The molecular weight excluding hydrogens is 462 g/mol. The lowest BCUT2D eigenvalue weighted by Gasteiger charge is -2.11. The molecule has 0 saturated heterocycles. The summed E-state index contributed by atoms with van der Waals surface area (Å²) >= 11 is 7.23. The van der Waals surface area contributed by atoms with Crippen LogP contribution in [-0.2, 0) is 11.3 Å². The van der Waals surface area contributed by atoms with Crippen LogP contribution in [0.15, 0.2) is 76.5 Å². The van der Waals surface area contributed by atoms with Gasteiger partial charge < -0.3 is 9.73 Å². The Kier molecular flexibility index (Phi) is 7.11. The van der Waals surface area contributed by atoms with E-state index in [1.165, 1.54) is 18.0 Å². The van der Waals surface area contributed by atoms with E-state index in [4.69, 9.17) is 16.0 Å². The molecule has 168 valence electrons. The number of hydrogen-bond donors (Lipinski definition) is 2. The number of aromatic nitrogens is 3. The first-order valence-corrected chi connectivity index (χ1v) is 11.4. The largest absolute Gasteiger partial charge is 0.467 e. The number of benzene rings is 2. The number of carbonyl (C=O) groups is 2. The van der Waals surface area contributed by atoms with Crippen molar-refractivity contribution in [2.75, 3.05) is 5.75 Å². The van der Waals surface area contributed by atoms with Crippen molar-refractivity contribution in [2.24, 2.45) is 0 Å². The number of nitrogens with zero attached hydrogens (tertiary/aromatic N) is 3. The van der Waals surface area contributed by atoms with E-state index in [0.717, 1.165) is 16.8 Å². The molecule has 0 aliphatic carbocycles. The highest BCUT2D eigenvalue weighted by Crippen LogP contribution is 2.28. The molecule has 0 aliphatic heterocycles. The smallest absolute Gasteiger partial charge is 0.321 e. The summed E-state index contributed by atoms with van der Waals surface area (Å²) in [5.41, 5.74) is 2.82. The summed E-state index contributed by atoms with van der Waals surface area (Å²) in [6.07, 6.45) is 1.51. The van der Waals surface area contributed by atoms with Gasteiger partial charge in [-0.25, -0.2) is 4.79 Å². The molecule has 0 spiro atoms. The number of nitrogens with one attached hydrogen (secondary N) is 2. The third kappa shape index (κ3) is 5.82. The first-order chi connectivity index (χ1) is 16.0. The SMILES string of the molecule is Cc1ccc(-c2nnc(SCC(=O)NC(=O)NCc3ccco3)n2-c2ccc(Cl)cc2)cc1. The minimum atomic E-state index is -0.600. The molecule has 0 bridgehead atoms. The minimum absolute atomic E-state index is 0.0200. The fraction of sp³-hybridized carbons (Fsp3) is 0.130. The number of rotatable bonds is 7. The van der Waals surface area contributed by atoms with Crippen molar-refractivity contribution in [3.05, 3.63) is 83.3 Å². The van der Waals surface area contributed by atoms with E-state index >= 15 is 0 Å². The average Bonchev–Trinajstić information content (AvgIpc) is 3.47. The van der Waals surface area contributed by atoms with Crippen molar-refractivity contribution in [2.45, 2.75) is 18.6 Å². The highest BCUT2D eigenvalue weighted by atomic mass is 35.5. The van der Waals surface area contributed by atoms with Crippen LogP contribution in [0.1, 0.15) is 11.3 Å². The zero-order valence-electron chi connectivity index (χ0n) is 17.6. The standard InChI is InChI=1S/C23H20ClN5O3S/c1-15-4-6-16(7-5-15)21-27-28-23(29(21)18-10-8-17(24)9-11-18)33-14-20(30)26-22(31)25-13-19-3-2-12-32-19/h2-12H,13-14H2,1H3,(H2,25,26,30,31). The van der Waals surface area contributed by atoms with E-state index in [-0.39, 0.29) is 12.3 Å². The summed E-state index contributed by atoms with van der Waals surface area (Å²) in [5, 5.41) is 14.6. The molecule has 0 radical (unpaired) electrons. The van der Waals surface area contributed by atoms with Crippen molar-refractivity contribution in [1.82, 2.24) is 25.4 Å². The summed E-state index contributed by atoms with van der Waals surface area (Å²) in [4.78, 5) is 24.3. The molecule has 0 aliphatic rings. The summed E-state index contributed by atoms with van der Waals surface area (Å²) in [5.74, 6) is 0.746. The van der Waals surface area contributed by atoms with Gasteiger partial charge in [0.1, 0.15) is 5.76 Å². The molecule has 8 nitrogen and oxygen atoms in total. The molecule has 0 saturated carbocycles. The second kappa shape index (κ2) is 10.4. The number of halogens is 1. The molecule has 4 rings (SSSR count). The van der Waals surface area contributed by atoms with Crippen molar-refractivity contribution >= 4 is 35.3 Å². The Balaban J connectivity index is 1.47. The Labute approximate surface area is 199 Å². The van der Waals surface area contributed by atoms with Gasteiger partial charge in [-0.05, 0) is 43.3 Å². The molecule has 2 heterocycles. The van der Waals surface area contributed by atoms with E-state index in [9.17, 15) is 9.59 Å². The Morgan fingerprint density at radius 1 is 1.06 bits per heavy atom. The van der Waals surface area contributed by atoms with Gasteiger partial charge in [0, 0.05) is 16.3 Å². The highest BCUT2D eigenvalue weighted by molar-refractivity contribution is 7.99. The molecule has 3 amide bonds. The van der Waals surface area contributed by atoms with E-state index in [1.54, 1.807) is 24.3 Å². The van der Waals surface area contributed by atoms with Crippen molar-refractivity contribution in [3.8, 4) is 17.1 Å². The van der Waals surface area contributed by atoms with E-state index in [1.807, 2.05) is 47.9 Å². The summed E-state index contributed by atoms with van der Waals surface area (Å²) in [6, 6.07) is 18.1. The first-order valence-electron chi connectivity index (χ1n) is 10.0. The zero-order valence-corrected chi connectivity index (χ0v) is 19.2. The number of thioether (sulfide) groups is 1. The fourth-order valence-corrected chi connectivity index (χ4v) is 3.87. The van der Waals surface area contributed by atoms with Crippen LogP contribution in [0.25, 0.3) is 17.1 Å². The van der Waals surface area contributed by atoms with Gasteiger partial charge in [-0.1, -0.05) is 53.2 Å². The minimum Gasteiger partial charge on any atom is -0.467 e. The van der Waals surface area contributed by atoms with Crippen LogP contribution in [0.2, 0.25) is 5.02 Å². The predicted molar refractivity (Wildman–Crippen MR) is 126 cm³/mol. The number of imide groups is 1. The molecule has 0 atom stereocenters. The maximum atomic E-state index is 12.3. The van der Waals surface area contributed by atoms with Gasteiger partial charge in [0.2, 0.25) is 5.91 Å². The number of hydrogen-bond acceptors (Lipinski definition) is 6. The normalized spacial score (nSPS) is 10.7. The van der Waals surface area contributed by atoms with Crippen LogP contribution in [0.3, 0.4) is 0 Å². The van der Waals surface area contributed by atoms with Gasteiger partial charge in [0.05, 0.1) is 18.6 Å². The van der Waals surface area contributed by atoms with Crippen LogP contribution < -0.4 is 10.6 Å². The number of carbonyl (C=O) groups excluding carboxylic acids is 2. The van der Waals surface area contributed by atoms with Crippen molar-refractivity contribution in [3.63, 3.8) is 0 Å². The molecule has 0 fully saturated rings. The Hall–Kier alpha value is -3.56. The lowest BCUT2D eigenvalue weighted by Crippen LogP contribution is -2.39. The molecule has 2 N–H and O–H groups in total. The lowest BCUT2D eigenvalue weighted by molar-refractivity contribution is -0.117. The van der Waals surface area contributed by atoms with Crippen LogP contribution in [0.4, 0.5) is 4.79 Å². The maximum Gasteiger partial charge on any atom is 0.321 e. The quantitative estimate of drug-likeness (QED) is 0.374. The number of furan rings is 1. The van der Waals surface area contributed by atoms with Crippen LogP contribution in [-0.4, -0.2) is 32.5 Å². The Morgan fingerprint density at radius 2 is 1.82 bits per heavy atom. The van der Waals surface area contributed by atoms with E-state index in [2.05, 4.69) is 20.8 Å². The van der Waals surface area contributed by atoms with E-state index in [0.29, 0.717) is 21.8 Å². The third-order valence-corrected chi connectivity index (χ3v) is 5.80. The second-order valence-electron chi connectivity index (χ2n) is 7.08. The maximum absolute atomic E-state index is 12.3. The Bertz CT molecular complexity index is 1240. The van der Waals surface area contributed by atoms with E-state index < -0.39 is 11.9 Å². The number of urea groups is 1. The predicted octanol–water partition coefficient (Wildman–Crippen LogP) is 4.61. The molecule has 2 aromatic heterocycles. The summed E-state index contributed by atoms with van der Waals surface area (Å²) < 4.78 is 7.00. The summed E-state index contributed by atoms with van der Waals surface area (Å²) in [7, 11) is 0. The van der Waals surface area contributed by atoms with Gasteiger partial charge >= 0.3 is 6.03 Å². The van der Waals surface area contributed by atoms with Gasteiger partial charge in [-0.2, -0.15) is 0 Å². The monoisotopic (exact) mass is 481 g/mol. The van der Waals surface area contributed by atoms with Crippen LogP contribution in [0.5, 0.6) is 0 Å². The number of amides is 3. The lowest BCUT2D eigenvalue weighted by atomic mass is 10.1. The molecule has 4 aromatic rings. The molecule has 33 heavy (non-hydrogen) atoms. The number of aryl methyl sites for hydroxylation is 1. The third-order valence-electron chi connectivity index (χ3n) is 4.62. The zero-order chi connectivity index (χ0) is 23.2. The topological polar surface area (TPSA) is 102 Å². The first kappa shape index (κ1) is 22.6. The molecular formula is C23H20ClN5O3S. The van der Waals surface area contributed by atoms with Crippen molar-refractivity contribution < 1.29 is 14.0 Å². The van der Waals surface area contributed by atoms with Crippen molar-refractivity contribution in [1.29, 1.82) is 0 Å². The molecule has 0 unspecified atom stereocenters. The van der Waals surface area contributed by atoms with Crippen LogP contribution >= 0.6 is 23.4 Å². The molecule has 10 heteroatoms. The average molecular weight is 482 g/mol. The van der Waals surface area contributed by atoms with Crippen LogP contribution in [0, 0.1) is 6.92 Å². The van der Waals surface area contributed by atoms with Gasteiger partial charge in [0.25, 0.3) is 0 Å². The molecule has 2 aromatic carbocycles.